The van der Waals surface area contributed by atoms with Crippen molar-refractivity contribution in [2.75, 3.05) is 6.54 Å². The van der Waals surface area contributed by atoms with Gasteiger partial charge in [-0.25, -0.2) is 4.98 Å². The third-order valence-electron chi connectivity index (χ3n) is 3.34. The molecule has 0 radical (unpaired) electrons. The first-order chi connectivity index (χ1) is 10.3. The molecule has 1 heterocycles. The number of carbonyl (C=O) groups is 1. The van der Waals surface area contributed by atoms with Crippen LogP contribution in [0.5, 0.6) is 0 Å². The van der Waals surface area contributed by atoms with Crippen molar-refractivity contribution in [3.63, 3.8) is 0 Å². The van der Waals surface area contributed by atoms with Crippen molar-refractivity contribution in [3.8, 4) is 0 Å². The summed E-state index contributed by atoms with van der Waals surface area (Å²) in [4.78, 5) is 15.9. The summed E-state index contributed by atoms with van der Waals surface area (Å²) in [6.07, 6.45) is 5.86. The van der Waals surface area contributed by atoms with Crippen LogP contribution in [0, 0.1) is 0 Å². The molecule has 0 atom stereocenters. The van der Waals surface area contributed by atoms with Gasteiger partial charge in [0.25, 0.3) is 0 Å². The second kappa shape index (κ2) is 11.9. The molecule has 0 saturated carbocycles. The number of nitrogens with zero attached hydrogens (tertiary/aromatic N) is 2. The van der Waals surface area contributed by atoms with E-state index in [0.717, 1.165) is 18.8 Å². The average Bonchev–Trinajstić information content (AvgIpc) is 2.97. The van der Waals surface area contributed by atoms with Gasteiger partial charge >= 0.3 is 0 Å². The molecule has 0 aliphatic rings. The summed E-state index contributed by atoms with van der Waals surface area (Å²) >= 11 is 0. The zero-order valence-electron chi connectivity index (χ0n) is 13.0. The number of aryl methyl sites for hydroxylation is 2. The Kier molecular flexibility index (Phi) is 11.1. The van der Waals surface area contributed by atoms with E-state index in [4.69, 9.17) is 5.73 Å². The molecule has 1 amide bonds. The van der Waals surface area contributed by atoms with Crippen LogP contribution in [0.3, 0.4) is 0 Å². The van der Waals surface area contributed by atoms with Crippen LogP contribution in [0.4, 0.5) is 0 Å². The van der Waals surface area contributed by atoms with Gasteiger partial charge in [0.05, 0.1) is 6.54 Å². The van der Waals surface area contributed by atoms with Gasteiger partial charge in [-0.15, -0.1) is 24.8 Å². The van der Waals surface area contributed by atoms with Crippen LogP contribution in [0.25, 0.3) is 0 Å². The quantitative estimate of drug-likeness (QED) is 0.760. The monoisotopic (exact) mass is 358 g/mol. The molecule has 0 spiro atoms. The van der Waals surface area contributed by atoms with Gasteiger partial charge < -0.3 is 15.6 Å². The first-order valence-corrected chi connectivity index (χ1v) is 7.30. The number of carbonyl (C=O) groups excluding carboxylic acids is 1. The number of halogens is 2. The van der Waals surface area contributed by atoms with Crippen molar-refractivity contribution in [1.29, 1.82) is 0 Å². The van der Waals surface area contributed by atoms with E-state index in [1.165, 1.54) is 5.56 Å². The van der Waals surface area contributed by atoms with Crippen molar-refractivity contribution >= 4 is 30.7 Å². The maximum Gasteiger partial charge on any atom is 0.220 e. The fourth-order valence-corrected chi connectivity index (χ4v) is 2.13. The molecule has 2 aromatic rings. The van der Waals surface area contributed by atoms with E-state index in [1.807, 2.05) is 24.4 Å². The second-order valence-electron chi connectivity index (χ2n) is 4.94. The van der Waals surface area contributed by atoms with E-state index in [0.29, 0.717) is 25.9 Å². The highest BCUT2D eigenvalue weighted by Crippen LogP contribution is 2.04. The Balaban J connectivity index is 0.00000242. The Hall–Kier alpha value is -1.56. The molecule has 5 nitrogen and oxygen atoms in total. The van der Waals surface area contributed by atoms with Gasteiger partial charge in [-0.05, 0) is 24.9 Å². The third kappa shape index (κ3) is 7.50. The van der Waals surface area contributed by atoms with E-state index in [2.05, 4.69) is 27.0 Å². The Bertz CT molecular complexity index is 560. The van der Waals surface area contributed by atoms with Gasteiger partial charge in [0, 0.05) is 25.4 Å². The van der Waals surface area contributed by atoms with E-state index < -0.39 is 0 Å². The molecule has 1 aromatic carbocycles. The number of rotatable bonds is 8. The van der Waals surface area contributed by atoms with Gasteiger partial charge in [0.2, 0.25) is 5.91 Å². The molecular formula is C16H24Cl2N4O. The Morgan fingerprint density at radius 2 is 1.96 bits per heavy atom. The predicted molar refractivity (Wildman–Crippen MR) is 97.0 cm³/mol. The lowest BCUT2D eigenvalue weighted by Gasteiger charge is -2.09. The summed E-state index contributed by atoms with van der Waals surface area (Å²) in [6, 6.07) is 10.3. The Labute approximate surface area is 149 Å². The van der Waals surface area contributed by atoms with Crippen molar-refractivity contribution in [2.45, 2.75) is 32.4 Å². The summed E-state index contributed by atoms with van der Waals surface area (Å²) < 4.78 is 2.08. The number of nitrogens with two attached hydrogens (primary N) is 1. The van der Waals surface area contributed by atoms with Crippen molar-refractivity contribution < 1.29 is 4.79 Å². The maximum atomic E-state index is 11.6. The lowest BCUT2D eigenvalue weighted by molar-refractivity contribution is -0.121. The summed E-state index contributed by atoms with van der Waals surface area (Å²) in [5.74, 6) is 0.907. The zero-order valence-corrected chi connectivity index (χ0v) is 14.6. The van der Waals surface area contributed by atoms with E-state index in [1.54, 1.807) is 6.20 Å². The molecular weight excluding hydrogens is 335 g/mol. The minimum atomic E-state index is 0. The van der Waals surface area contributed by atoms with Crippen LogP contribution >= 0.6 is 24.8 Å². The third-order valence-corrected chi connectivity index (χ3v) is 3.34. The van der Waals surface area contributed by atoms with Crippen LogP contribution < -0.4 is 11.1 Å². The second-order valence-corrected chi connectivity index (χ2v) is 4.94. The van der Waals surface area contributed by atoms with Gasteiger partial charge in [-0.2, -0.15) is 0 Å². The number of benzene rings is 1. The number of imidazole rings is 1. The van der Waals surface area contributed by atoms with Crippen LogP contribution in [0.1, 0.15) is 24.2 Å². The first kappa shape index (κ1) is 21.4. The summed E-state index contributed by atoms with van der Waals surface area (Å²) in [6.45, 7) is 1.86. The number of hydrogen-bond acceptors (Lipinski definition) is 3. The first-order valence-electron chi connectivity index (χ1n) is 7.30. The van der Waals surface area contributed by atoms with Crippen LogP contribution in [-0.2, 0) is 24.3 Å². The fraction of sp³-hybridized carbons (Fsp3) is 0.375. The van der Waals surface area contributed by atoms with E-state index in [9.17, 15) is 4.79 Å². The molecule has 128 valence electrons. The maximum absolute atomic E-state index is 11.6. The fourth-order valence-electron chi connectivity index (χ4n) is 2.13. The highest BCUT2D eigenvalue weighted by atomic mass is 35.5. The molecule has 7 heteroatoms. The number of hydrogen-bond donors (Lipinski definition) is 2. The van der Waals surface area contributed by atoms with E-state index >= 15 is 0 Å². The average molecular weight is 359 g/mol. The molecule has 0 saturated heterocycles. The van der Waals surface area contributed by atoms with E-state index in [-0.39, 0.29) is 30.7 Å². The molecule has 0 aliphatic carbocycles. The minimum Gasteiger partial charge on any atom is -0.349 e. The summed E-state index contributed by atoms with van der Waals surface area (Å²) in [7, 11) is 0. The van der Waals surface area contributed by atoms with Crippen molar-refractivity contribution in [2.24, 2.45) is 5.73 Å². The molecule has 0 unspecified atom stereocenters. The molecule has 0 fully saturated rings. The molecule has 0 bridgehead atoms. The standard InChI is InChI=1S/C16H22N4O.2ClH/c17-9-4-7-16(21)19-13-15-18-10-12-20(15)11-8-14-5-2-1-3-6-14;;/h1-3,5-6,10,12H,4,7-9,11,13,17H2,(H,19,21);2*1H. The topological polar surface area (TPSA) is 72.9 Å². The van der Waals surface area contributed by atoms with Gasteiger partial charge in [0.1, 0.15) is 5.82 Å². The minimum absolute atomic E-state index is 0. The summed E-state index contributed by atoms with van der Waals surface area (Å²) in [5, 5.41) is 2.88. The smallest absolute Gasteiger partial charge is 0.220 e. The Morgan fingerprint density at radius 3 is 2.65 bits per heavy atom. The molecule has 0 aliphatic heterocycles. The molecule has 1 aromatic heterocycles. The van der Waals surface area contributed by atoms with Gasteiger partial charge in [-0.1, -0.05) is 30.3 Å². The number of amides is 1. The lowest BCUT2D eigenvalue weighted by Crippen LogP contribution is -2.25. The number of aromatic nitrogens is 2. The predicted octanol–water partition coefficient (Wildman–Crippen LogP) is 2.32. The molecule has 23 heavy (non-hydrogen) atoms. The van der Waals surface area contributed by atoms with Crippen LogP contribution in [-0.4, -0.2) is 22.0 Å². The molecule has 3 N–H and O–H groups in total. The van der Waals surface area contributed by atoms with Gasteiger partial charge in [0.15, 0.2) is 0 Å². The van der Waals surface area contributed by atoms with Crippen LogP contribution in [0.15, 0.2) is 42.7 Å². The van der Waals surface area contributed by atoms with Crippen LogP contribution in [0.2, 0.25) is 0 Å². The number of nitrogens with one attached hydrogen (secondary N) is 1. The highest BCUT2D eigenvalue weighted by molar-refractivity contribution is 5.85. The highest BCUT2D eigenvalue weighted by Gasteiger charge is 2.05. The largest absolute Gasteiger partial charge is 0.349 e. The zero-order chi connectivity index (χ0) is 14.9. The Morgan fingerprint density at radius 1 is 1.22 bits per heavy atom. The lowest BCUT2D eigenvalue weighted by atomic mass is 10.1. The van der Waals surface area contributed by atoms with Crippen molar-refractivity contribution in [1.82, 2.24) is 14.9 Å². The van der Waals surface area contributed by atoms with Gasteiger partial charge in [-0.3, -0.25) is 4.79 Å². The normalized spacial score (nSPS) is 9.61. The van der Waals surface area contributed by atoms with Crippen molar-refractivity contribution in [3.05, 3.63) is 54.1 Å². The SMILES string of the molecule is Cl.Cl.NCCCC(=O)NCc1nccn1CCc1ccccc1. The summed E-state index contributed by atoms with van der Waals surface area (Å²) in [5.41, 5.74) is 6.69. The molecule has 2 rings (SSSR count).